The molecule has 0 saturated carbocycles. The molecule has 0 aliphatic heterocycles. The Morgan fingerprint density at radius 1 is 1.56 bits per heavy atom. The summed E-state index contributed by atoms with van der Waals surface area (Å²) in [5, 5.41) is 2.40. The average molecular weight is 143 g/mol. The molecule has 0 N–H and O–H groups in total. The van der Waals surface area contributed by atoms with Crippen LogP contribution in [0.5, 0.6) is 0 Å². The zero-order valence-electron chi connectivity index (χ0n) is 6.27. The van der Waals surface area contributed by atoms with E-state index in [2.05, 4.69) is 43.1 Å². The summed E-state index contributed by atoms with van der Waals surface area (Å²) in [4.78, 5) is 4.01. The van der Waals surface area contributed by atoms with Gasteiger partial charge >= 0.3 is 0 Å². The SMILES string of the molecule is CCCC(C)(C)N=C=S. The molecular formula is C7H13NS. The van der Waals surface area contributed by atoms with Crippen LogP contribution in [0.3, 0.4) is 0 Å². The van der Waals surface area contributed by atoms with Gasteiger partial charge in [0, 0.05) is 0 Å². The summed E-state index contributed by atoms with van der Waals surface area (Å²) < 4.78 is 0. The Bertz CT molecular complexity index is 123. The van der Waals surface area contributed by atoms with E-state index in [0.717, 1.165) is 12.8 Å². The van der Waals surface area contributed by atoms with E-state index in [1.807, 2.05) is 0 Å². The highest BCUT2D eigenvalue weighted by Crippen LogP contribution is 2.14. The van der Waals surface area contributed by atoms with Crippen LogP contribution in [0.4, 0.5) is 0 Å². The van der Waals surface area contributed by atoms with Crippen LogP contribution in [-0.2, 0) is 0 Å². The first-order valence-corrected chi connectivity index (χ1v) is 3.62. The molecule has 52 valence electrons. The average Bonchev–Trinajstić information content (AvgIpc) is 1.64. The highest BCUT2D eigenvalue weighted by Gasteiger charge is 2.12. The highest BCUT2D eigenvalue weighted by molar-refractivity contribution is 7.78. The van der Waals surface area contributed by atoms with Crippen molar-refractivity contribution in [1.82, 2.24) is 0 Å². The van der Waals surface area contributed by atoms with E-state index in [9.17, 15) is 0 Å². The van der Waals surface area contributed by atoms with Crippen molar-refractivity contribution in [1.29, 1.82) is 0 Å². The summed E-state index contributed by atoms with van der Waals surface area (Å²) in [6.45, 7) is 6.27. The predicted molar refractivity (Wildman–Crippen MR) is 44.0 cm³/mol. The molecule has 2 heteroatoms. The summed E-state index contributed by atoms with van der Waals surface area (Å²) in [7, 11) is 0. The van der Waals surface area contributed by atoms with Gasteiger partial charge in [-0.15, -0.1) is 0 Å². The molecule has 0 amide bonds. The van der Waals surface area contributed by atoms with Crippen molar-refractivity contribution in [3.05, 3.63) is 0 Å². The summed E-state index contributed by atoms with van der Waals surface area (Å²) in [6.07, 6.45) is 2.23. The number of aliphatic imine (C=N–C) groups is 1. The summed E-state index contributed by atoms with van der Waals surface area (Å²) in [6, 6.07) is 0. The van der Waals surface area contributed by atoms with Crippen LogP contribution in [0.25, 0.3) is 0 Å². The van der Waals surface area contributed by atoms with Crippen molar-refractivity contribution < 1.29 is 0 Å². The second kappa shape index (κ2) is 3.76. The van der Waals surface area contributed by atoms with E-state index in [1.165, 1.54) is 0 Å². The Balaban J connectivity index is 3.85. The quantitative estimate of drug-likeness (QED) is 0.437. The third kappa shape index (κ3) is 4.31. The second-order valence-corrected chi connectivity index (χ2v) is 2.95. The topological polar surface area (TPSA) is 12.4 Å². The Morgan fingerprint density at radius 3 is 2.44 bits per heavy atom. The maximum absolute atomic E-state index is 4.50. The normalized spacial score (nSPS) is 10.6. The minimum atomic E-state index is 0.0104. The number of hydrogen-bond acceptors (Lipinski definition) is 2. The van der Waals surface area contributed by atoms with Gasteiger partial charge in [-0.3, -0.25) is 0 Å². The summed E-state index contributed by atoms with van der Waals surface area (Å²) in [5.41, 5.74) is 0.0104. The van der Waals surface area contributed by atoms with Gasteiger partial charge in [0.25, 0.3) is 0 Å². The number of rotatable bonds is 3. The van der Waals surface area contributed by atoms with Crippen molar-refractivity contribution in [3.8, 4) is 0 Å². The van der Waals surface area contributed by atoms with Crippen LogP contribution in [0, 0.1) is 0 Å². The summed E-state index contributed by atoms with van der Waals surface area (Å²) >= 11 is 4.50. The smallest absolute Gasteiger partial charge is 0.0654 e. The van der Waals surface area contributed by atoms with Gasteiger partial charge in [0.05, 0.1) is 10.7 Å². The first kappa shape index (κ1) is 8.80. The molecular weight excluding hydrogens is 130 g/mol. The molecule has 0 aromatic heterocycles. The van der Waals surface area contributed by atoms with Crippen LogP contribution >= 0.6 is 12.2 Å². The third-order valence-corrected chi connectivity index (χ3v) is 1.30. The monoisotopic (exact) mass is 143 g/mol. The minimum Gasteiger partial charge on any atom is -0.226 e. The van der Waals surface area contributed by atoms with Gasteiger partial charge in [0.2, 0.25) is 0 Å². The van der Waals surface area contributed by atoms with E-state index in [4.69, 9.17) is 0 Å². The molecule has 9 heavy (non-hydrogen) atoms. The lowest BCUT2D eigenvalue weighted by Gasteiger charge is -2.15. The lowest BCUT2D eigenvalue weighted by molar-refractivity contribution is 0.477. The Hall–Kier alpha value is -0.200. The van der Waals surface area contributed by atoms with Crippen LogP contribution < -0.4 is 0 Å². The summed E-state index contributed by atoms with van der Waals surface area (Å²) in [5.74, 6) is 0. The fourth-order valence-electron chi connectivity index (χ4n) is 0.791. The first-order valence-electron chi connectivity index (χ1n) is 3.21. The third-order valence-electron chi connectivity index (χ3n) is 1.21. The molecule has 0 heterocycles. The highest BCUT2D eigenvalue weighted by atomic mass is 32.1. The molecule has 0 spiro atoms. The molecule has 0 fully saturated rings. The van der Waals surface area contributed by atoms with Crippen molar-refractivity contribution in [2.75, 3.05) is 0 Å². The van der Waals surface area contributed by atoms with Crippen LogP contribution in [0.15, 0.2) is 4.99 Å². The number of nitrogens with zero attached hydrogens (tertiary/aromatic N) is 1. The van der Waals surface area contributed by atoms with Gasteiger partial charge in [-0.2, -0.15) is 0 Å². The fourth-order valence-corrected chi connectivity index (χ4v) is 1.04. The van der Waals surface area contributed by atoms with Crippen LogP contribution in [-0.4, -0.2) is 10.7 Å². The van der Waals surface area contributed by atoms with Crippen LogP contribution in [0.2, 0.25) is 0 Å². The van der Waals surface area contributed by atoms with Crippen molar-refractivity contribution >= 4 is 17.4 Å². The van der Waals surface area contributed by atoms with Gasteiger partial charge in [-0.05, 0) is 32.5 Å². The predicted octanol–water partition coefficient (Wildman–Crippen LogP) is 2.67. The standard InChI is InChI=1S/C7H13NS/c1-4-5-7(2,3)8-6-9/h4-5H2,1-3H3. The number of isothiocyanates is 1. The Labute approximate surface area is 62.2 Å². The molecule has 0 bridgehead atoms. The molecule has 0 aromatic rings. The molecule has 0 saturated heterocycles. The van der Waals surface area contributed by atoms with Gasteiger partial charge in [0.1, 0.15) is 0 Å². The molecule has 0 aromatic carbocycles. The molecule has 0 aliphatic rings. The zero-order chi connectivity index (χ0) is 7.33. The molecule has 0 atom stereocenters. The lowest BCUT2D eigenvalue weighted by Crippen LogP contribution is -2.14. The van der Waals surface area contributed by atoms with E-state index in [1.54, 1.807) is 0 Å². The number of hydrogen-bond donors (Lipinski definition) is 0. The molecule has 0 aliphatic carbocycles. The van der Waals surface area contributed by atoms with E-state index in [-0.39, 0.29) is 5.54 Å². The first-order chi connectivity index (χ1) is 4.12. The van der Waals surface area contributed by atoms with Crippen molar-refractivity contribution in [3.63, 3.8) is 0 Å². The molecule has 0 rings (SSSR count). The maximum Gasteiger partial charge on any atom is 0.0654 e. The van der Waals surface area contributed by atoms with Gasteiger partial charge in [0.15, 0.2) is 0 Å². The van der Waals surface area contributed by atoms with Crippen molar-refractivity contribution in [2.24, 2.45) is 4.99 Å². The molecule has 0 radical (unpaired) electrons. The lowest BCUT2D eigenvalue weighted by atomic mass is 10.0. The Kier molecular flexibility index (Phi) is 3.67. The second-order valence-electron chi connectivity index (χ2n) is 2.77. The van der Waals surface area contributed by atoms with Gasteiger partial charge in [-0.1, -0.05) is 13.3 Å². The molecule has 0 unspecified atom stereocenters. The van der Waals surface area contributed by atoms with Gasteiger partial charge in [-0.25, -0.2) is 4.99 Å². The van der Waals surface area contributed by atoms with E-state index < -0.39 is 0 Å². The van der Waals surface area contributed by atoms with Crippen LogP contribution in [0.1, 0.15) is 33.6 Å². The maximum atomic E-state index is 4.50. The Morgan fingerprint density at radius 2 is 2.11 bits per heavy atom. The minimum absolute atomic E-state index is 0.0104. The molecule has 1 nitrogen and oxygen atoms in total. The van der Waals surface area contributed by atoms with Crippen molar-refractivity contribution in [2.45, 2.75) is 39.2 Å². The number of thiocarbonyl (C=S) groups is 1. The fraction of sp³-hybridized carbons (Fsp3) is 0.857. The van der Waals surface area contributed by atoms with Gasteiger partial charge < -0.3 is 0 Å². The van der Waals surface area contributed by atoms with E-state index >= 15 is 0 Å². The zero-order valence-corrected chi connectivity index (χ0v) is 7.09. The largest absolute Gasteiger partial charge is 0.226 e. The van der Waals surface area contributed by atoms with E-state index in [0.29, 0.717) is 0 Å².